The van der Waals surface area contributed by atoms with Crippen molar-refractivity contribution in [3.63, 3.8) is 0 Å². The summed E-state index contributed by atoms with van der Waals surface area (Å²) in [4.78, 5) is 27.3. The zero-order chi connectivity index (χ0) is 25.1. The van der Waals surface area contributed by atoms with Gasteiger partial charge in [-0.25, -0.2) is 0 Å². The third-order valence-corrected chi connectivity index (χ3v) is 13.7. The normalized spacial score (nSPS) is 14.8. The van der Waals surface area contributed by atoms with E-state index in [0.717, 1.165) is 71.0 Å². The van der Waals surface area contributed by atoms with Crippen molar-refractivity contribution >= 4 is 30.5 Å². The van der Waals surface area contributed by atoms with Crippen molar-refractivity contribution < 1.29 is 14.3 Å². The molecule has 0 saturated heterocycles. The number of rotatable bonds is 9. The molecule has 1 aliphatic rings. The number of aryl methyl sites for hydroxylation is 4. The molecule has 0 bridgehead atoms. The van der Waals surface area contributed by atoms with Crippen LogP contribution in [0.2, 0.25) is 0 Å². The molecule has 1 aliphatic carbocycles. The van der Waals surface area contributed by atoms with Gasteiger partial charge in [0.25, 0.3) is 11.8 Å². The maximum Gasteiger partial charge on any atom is 0.268 e. The number of carbonyl (C=O) groups excluding carboxylic acids is 2. The minimum absolute atomic E-state index is 0.0327. The van der Waals surface area contributed by atoms with Gasteiger partial charge in [0.1, 0.15) is 11.9 Å². The van der Waals surface area contributed by atoms with Gasteiger partial charge in [0.15, 0.2) is 5.16 Å². The van der Waals surface area contributed by atoms with E-state index in [2.05, 4.69) is 24.5 Å². The number of benzene rings is 2. The summed E-state index contributed by atoms with van der Waals surface area (Å²) in [6.07, 6.45) is 4.98. The third-order valence-electron chi connectivity index (χ3n) is 7.89. The molecule has 0 heterocycles. The largest absolute Gasteiger partial charge is 0.497 e. The predicted molar refractivity (Wildman–Crippen MR) is 145 cm³/mol. The molecule has 34 heavy (non-hydrogen) atoms. The van der Waals surface area contributed by atoms with Crippen molar-refractivity contribution in [2.45, 2.75) is 66.0 Å². The molecule has 1 fully saturated rings. The standard InChI is InChI=1S/C28H39N2O3P/c1-8-34(9-2,18-24(31)29-25-19(3)12-10-13-20(25)4)28(14-11-15-28)27(32)30-26-21(5)16-23(33-7)17-22(26)6/h10,12-13,16-17H,8-9,11,14-15,18H2,1-7H3,(H-,29,30,31,32)/p+1. The smallest absolute Gasteiger partial charge is 0.268 e. The zero-order valence-corrected chi connectivity index (χ0v) is 22.7. The number of ether oxygens (including phenoxy) is 1. The van der Waals surface area contributed by atoms with Crippen LogP contribution in [0.4, 0.5) is 11.4 Å². The number of anilines is 2. The monoisotopic (exact) mass is 483 g/mol. The van der Waals surface area contributed by atoms with E-state index in [0.29, 0.717) is 6.16 Å². The van der Waals surface area contributed by atoms with Crippen LogP contribution in [0.3, 0.4) is 0 Å². The van der Waals surface area contributed by atoms with Gasteiger partial charge in [-0.1, -0.05) is 18.2 Å². The lowest BCUT2D eigenvalue weighted by Crippen LogP contribution is -2.53. The number of para-hydroxylation sites is 1. The first-order chi connectivity index (χ1) is 16.1. The van der Waals surface area contributed by atoms with Crippen molar-refractivity contribution in [2.75, 3.05) is 36.2 Å². The molecule has 5 nitrogen and oxygen atoms in total. The van der Waals surface area contributed by atoms with Crippen LogP contribution in [-0.2, 0) is 9.59 Å². The highest BCUT2D eigenvalue weighted by Gasteiger charge is 2.64. The molecule has 0 aliphatic heterocycles. The van der Waals surface area contributed by atoms with E-state index >= 15 is 0 Å². The lowest BCUT2D eigenvalue weighted by atomic mass is 9.83. The van der Waals surface area contributed by atoms with Gasteiger partial charge >= 0.3 is 0 Å². The zero-order valence-electron chi connectivity index (χ0n) is 21.8. The maximum atomic E-state index is 13.9. The molecule has 6 heteroatoms. The highest BCUT2D eigenvalue weighted by molar-refractivity contribution is 7.79. The second kappa shape index (κ2) is 10.5. The first-order valence-electron chi connectivity index (χ1n) is 12.3. The molecule has 184 valence electrons. The summed E-state index contributed by atoms with van der Waals surface area (Å²) < 4.78 is 5.38. The lowest BCUT2D eigenvalue weighted by Gasteiger charge is -2.48. The molecule has 0 aromatic heterocycles. The van der Waals surface area contributed by atoms with Gasteiger partial charge in [0.05, 0.1) is 19.4 Å². The molecule has 2 aromatic carbocycles. The van der Waals surface area contributed by atoms with Crippen molar-refractivity contribution in [1.82, 2.24) is 0 Å². The van der Waals surface area contributed by atoms with Gasteiger partial charge in [0.2, 0.25) is 0 Å². The molecule has 0 radical (unpaired) electrons. The van der Waals surface area contributed by atoms with Crippen LogP contribution >= 0.6 is 7.26 Å². The summed E-state index contributed by atoms with van der Waals surface area (Å²) in [6, 6.07) is 9.95. The van der Waals surface area contributed by atoms with E-state index in [1.165, 1.54) is 0 Å². The van der Waals surface area contributed by atoms with Crippen LogP contribution in [0.1, 0.15) is 55.4 Å². The van der Waals surface area contributed by atoms with Gasteiger partial charge in [-0.2, -0.15) is 0 Å². The van der Waals surface area contributed by atoms with E-state index in [1.54, 1.807) is 7.11 Å². The number of carbonyl (C=O) groups is 2. The van der Waals surface area contributed by atoms with Crippen molar-refractivity contribution in [3.05, 3.63) is 52.6 Å². The molecule has 0 spiro atoms. The second-order valence-corrected chi connectivity index (χ2v) is 14.5. The Morgan fingerprint density at radius 2 is 1.44 bits per heavy atom. The van der Waals surface area contributed by atoms with Gasteiger partial charge in [-0.15, -0.1) is 0 Å². The van der Waals surface area contributed by atoms with E-state index in [9.17, 15) is 9.59 Å². The fourth-order valence-electron chi connectivity index (χ4n) is 5.57. The summed E-state index contributed by atoms with van der Waals surface area (Å²) in [7, 11) is -0.251. The van der Waals surface area contributed by atoms with E-state index in [1.807, 2.05) is 58.0 Å². The fraction of sp³-hybridized carbons (Fsp3) is 0.500. The van der Waals surface area contributed by atoms with Crippen LogP contribution in [0.25, 0.3) is 0 Å². The van der Waals surface area contributed by atoms with Crippen molar-refractivity contribution in [1.29, 1.82) is 0 Å². The first-order valence-corrected chi connectivity index (χ1v) is 14.7. The van der Waals surface area contributed by atoms with Crippen LogP contribution in [0, 0.1) is 27.7 Å². The van der Waals surface area contributed by atoms with E-state index in [-0.39, 0.29) is 11.8 Å². The lowest BCUT2D eigenvalue weighted by molar-refractivity contribution is -0.120. The summed E-state index contributed by atoms with van der Waals surface area (Å²) in [5, 5.41) is 6.04. The molecule has 2 amide bonds. The maximum absolute atomic E-state index is 13.9. The number of nitrogens with one attached hydrogen (secondary N) is 2. The molecular formula is C28H40N2O3P+. The topological polar surface area (TPSA) is 67.4 Å². The van der Waals surface area contributed by atoms with Gasteiger partial charge < -0.3 is 15.4 Å². The Labute approximate surface area is 205 Å². The van der Waals surface area contributed by atoms with Crippen molar-refractivity contribution in [3.8, 4) is 5.75 Å². The molecule has 2 aromatic rings. The minimum Gasteiger partial charge on any atom is -0.497 e. The first kappa shape index (κ1) is 26.2. The highest BCUT2D eigenvalue weighted by Crippen LogP contribution is 2.74. The Hall–Kier alpha value is -2.39. The quantitative estimate of drug-likeness (QED) is 0.401. The molecule has 3 rings (SSSR count). The average molecular weight is 484 g/mol. The Kier molecular flexibility index (Phi) is 8.08. The van der Waals surface area contributed by atoms with E-state index < -0.39 is 12.4 Å². The number of methoxy groups -OCH3 is 1. The molecule has 2 N–H and O–H groups in total. The Morgan fingerprint density at radius 1 is 0.912 bits per heavy atom. The molecule has 0 atom stereocenters. The number of amides is 2. The Bertz CT molecular complexity index is 1030. The predicted octanol–water partition coefficient (Wildman–Crippen LogP) is 6.49. The van der Waals surface area contributed by atoms with Crippen LogP contribution < -0.4 is 15.4 Å². The summed E-state index contributed by atoms with van der Waals surface area (Å²) >= 11 is 0. The SMILES string of the molecule is CC[P+](CC)(CC(=O)Nc1c(C)cccc1C)C1(C(=O)Nc2c(C)cc(OC)cc2C)CCC1. The molecule has 0 unspecified atom stereocenters. The van der Waals surface area contributed by atoms with Gasteiger partial charge in [-0.3, -0.25) is 9.59 Å². The summed E-state index contributed by atoms with van der Waals surface area (Å²) in [5.41, 5.74) is 5.86. The van der Waals surface area contributed by atoms with Gasteiger partial charge in [0, 0.05) is 18.6 Å². The third kappa shape index (κ3) is 4.73. The minimum atomic E-state index is -1.90. The number of hydrogen-bond acceptors (Lipinski definition) is 3. The van der Waals surface area contributed by atoms with Gasteiger partial charge in [-0.05, 0) is 95.2 Å². The Morgan fingerprint density at radius 3 is 1.88 bits per heavy atom. The fourth-order valence-corrected chi connectivity index (χ4v) is 10.4. The molecular weight excluding hydrogens is 443 g/mol. The van der Waals surface area contributed by atoms with E-state index in [4.69, 9.17) is 4.74 Å². The average Bonchev–Trinajstić information content (AvgIpc) is 2.77. The van der Waals surface area contributed by atoms with Crippen LogP contribution in [0.5, 0.6) is 5.75 Å². The summed E-state index contributed by atoms with van der Waals surface area (Å²) in [6.45, 7) is 12.4. The second-order valence-electron chi connectivity index (χ2n) is 9.73. The van der Waals surface area contributed by atoms with Crippen molar-refractivity contribution in [2.24, 2.45) is 0 Å². The van der Waals surface area contributed by atoms with Crippen LogP contribution in [0.15, 0.2) is 30.3 Å². The Balaban J connectivity index is 1.89. The van der Waals surface area contributed by atoms with Crippen LogP contribution in [-0.4, -0.2) is 42.6 Å². The molecule has 1 saturated carbocycles. The summed E-state index contributed by atoms with van der Waals surface area (Å²) in [5.74, 6) is 0.913. The highest BCUT2D eigenvalue weighted by atomic mass is 31.2. The number of hydrogen-bond donors (Lipinski definition) is 2.